The number of aromatic nitrogens is 2. The van der Waals surface area contributed by atoms with Gasteiger partial charge in [0, 0.05) is 13.3 Å². The summed E-state index contributed by atoms with van der Waals surface area (Å²) in [4.78, 5) is 44.7. The van der Waals surface area contributed by atoms with E-state index in [0.717, 1.165) is 0 Å². The second-order valence-corrected chi connectivity index (χ2v) is 10.9. The van der Waals surface area contributed by atoms with Crippen LogP contribution in [0.3, 0.4) is 0 Å². The summed E-state index contributed by atoms with van der Waals surface area (Å²) in [7, 11) is -15.5. The van der Waals surface area contributed by atoms with Crippen LogP contribution >= 0.6 is 23.5 Å². The quantitative estimate of drug-likeness (QED) is 0.147. The predicted molar refractivity (Wildman–Crippen MR) is 113 cm³/mol. The molecule has 0 aliphatic carbocycles. The van der Waals surface area contributed by atoms with E-state index in [1.165, 1.54) is 18.2 Å². The number of ether oxygens (including phenoxy) is 2. The maximum Gasteiger partial charge on any atom is 0.490 e. The Morgan fingerprint density at radius 1 is 1.12 bits per heavy atom. The average Bonchev–Trinajstić information content (AvgIpc) is 2.97. The molecule has 11 N–H and O–H groups in total. The van der Waals surface area contributed by atoms with Crippen molar-refractivity contribution in [3.8, 4) is 0 Å². The molecule has 6 unspecified atom stereocenters. The van der Waals surface area contributed by atoms with E-state index in [2.05, 4.69) is 29.7 Å². The van der Waals surface area contributed by atoms with Gasteiger partial charge in [0.1, 0.15) is 24.0 Å². The van der Waals surface area contributed by atoms with Crippen LogP contribution in [-0.4, -0.2) is 72.9 Å². The molecular weight excluding hydrogens is 529 g/mol. The predicted octanol–water partition coefficient (Wildman–Crippen LogP) is -1.38. The Hall–Kier alpha value is -1.69. The Balaban J connectivity index is 2.19. The molecule has 1 aliphatic rings. The first-order chi connectivity index (χ1) is 15.5. The van der Waals surface area contributed by atoms with Crippen molar-refractivity contribution < 1.29 is 61.0 Å². The fourth-order valence-electron chi connectivity index (χ4n) is 2.81. The number of aliphatic hydroxyl groups excluding tert-OH is 1. The third-order valence-corrected chi connectivity index (χ3v) is 7.89. The number of phosphoric ester groups is 1. The molecule has 0 spiro atoms. The van der Waals surface area contributed by atoms with Gasteiger partial charge in [-0.1, -0.05) is 6.58 Å². The monoisotopic (exact) mass is 552 g/mol. The summed E-state index contributed by atoms with van der Waals surface area (Å²) in [5, 5.41) is 10.5. The molecular formula is C12H23N6O13P3. The van der Waals surface area contributed by atoms with Gasteiger partial charge in [-0.05, 0) is 0 Å². The molecule has 19 nitrogen and oxygen atoms in total. The Kier molecular flexibility index (Phi) is 8.83. The molecule has 0 amide bonds. The van der Waals surface area contributed by atoms with Crippen LogP contribution in [0.25, 0.3) is 0 Å². The summed E-state index contributed by atoms with van der Waals surface area (Å²) >= 11 is 0. The van der Waals surface area contributed by atoms with Crippen LogP contribution in [0, 0.1) is 0 Å². The molecule has 194 valence electrons. The van der Waals surface area contributed by atoms with Gasteiger partial charge in [-0.15, -0.1) is 0 Å². The first-order valence-electron chi connectivity index (χ1n) is 8.74. The van der Waals surface area contributed by atoms with Gasteiger partial charge in [-0.3, -0.25) is 4.52 Å². The average molecular weight is 552 g/mol. The van der Waals surface area contributed by atoms with Crippen LogP contribution in [0.15, 0.2) is 12.8 Å². The summed E-state index contributed by atoms with van der Waals surface area (Å²) in [5.74, 6) is -0.468. The number of nitrogens with two attached hydrogens (primary N) is 3. The number of phosphoric acid groups is 3. The van der Waals surface area contributed by atoms with Gasteiger partial charge in [0.15, 0.2) is 17.9 Å². The molecule has 22 heteroatoms. The zero-order valence-corrected chi connectivity index (χ0v) is 19.9. The fourth-order valence-corrected chi connectivity index (χ4v) is 5.84. The molecule has 1 aliphatic heterocycles. The van der Waals surface area contributed by atoms with Gasteiger partial charge < -0.3 is 56.3 Å². The minimum absolute atomic E-state index is 0.0622. The number of nitrogen functional groups attached to an aromatic ring is 3. The van der Waals surface area contributed by atoms with Crippen molar-refractivity contribution in [2.24, 2.45) is 0 Å². The van der Waals surface area contributed by atoms with Gasteiger partial charge in [0.25, 0.3) is 0 Å². The second-order valence-electron chi connectivity index (χ2n) is 6.44. The summed E-state index contributed by atoms with van der Waals surface area (Å²) in [5.41, 5.74) is 17.1. The van der Waals surface area contributed by atoms with E-state index in [9.17, 15) is 28.6 Å². The summed E-state index contributed by atoms with van der Waals surface area (Å²) in [6, 6.07) is 0. The highest BCUT2D eigenvalue weighted by Gasteiger charge is 2.49. The van der Waals surface area contributed by atoms with Crippen molar-refractivity contribution in [3.63, 3.8) is 0 Å². The van der Waals surface area contributed by atoms with E-state index in [1.807, 2.05) is 0 Å². The van der Waals surface area contributed by atoms with Crippen LogP contribution in [-0.2, 0) is 36.3 Å². The van der Waals surface area contributed by atoms with Gasteiger partial charge in [0.05, 0.1) is 6.61 Å². The highest BCUT2D eigenvalue weighted by atomic mass is 31.3. The molecule has 0 bridgehead atoms. The third kappa shape index (κ3) is 7.16. The van der Waals surface area contributed by atoms with Crippen molar-refractivity contribution in [1.82, 2.24) is 9.97 Å². The Morgan fingerprint density at radius 3 is 2.26 bits per heavy atom. The lowest BCUT2D eigenvalue weighted by Crippen LogP contribution is -2.43. The van der Waals surface area contributed by atoms with E-state index in [1.54, 1.807) is 0 Å². The molecule has 0 saturated carbocycles. The molecule has 2 heterocycles. The lowest BCUT2D eigenvalue weighted by molar-refractivity contribution is -0.0199. The minimum atomic E-state index is -5.72. The Labute approximate surface area is 191 Å². The van der Waals surface area contributed by atoms with Crippen molar-refractivity contribution in [1.29, 1.82) is 0 Å². The molecule has 1 saturated heterocycles. The SMILES string of the molecule is C=CN(c1nc(N)nc(N)c1N)C1OC(COP(=O)(O)OP(=O)(O)OP(=O)(O)O)C(O)C1OC. The largest absolute Gasteiger partial charge is 0.490 e. The van der Waals surface area contributed by atoms with Crippen LogP contribution in [0.1, 0.15) is 0 Å². The molecule has 6 atom stereocenters. The minimum Gasteiger partial charge on any atom is -0.393 e. The molecule has 1 aromatic rings. The molecule has 0 aromatic carbocycles. The summed E-state index contributed by atoms with van der Waals surface area (Å²) in [6.07, 6.45) is -4.14. The Morgan fingerprint density at radius 2 is 1.74 bits per heavy atom. The van der Waals surface area contributed by atoms with Crippen molar-refractivity contribution >= 4 is 46.7 Å². The lowest BCUT2D eigenvalue weighted by atomic mass is 10.1. The number of hydrogen-bond donors (Lipinski definition) is 8. The Bertz CT molecular complexity index is 1050. The van der Waals surface area contributed by atoms with E-state index in [4.69, 9.17) is 36.5 Å². The smallest absolute Gasteiger partial charge is 0.393 e. The number of rotatable bonds is 11. The number of anilines is 4. The van der Waals surface area contributed by atoms with Crippen LogP contribution in [0.4, 0.5) is 23.3 Å². The normalized spacial score (nSPS) is 26.5. The van der Waals surface area contributed by atoms with Crippen molar-refractivity contribution in [3.05, 3.63) is 12.8 Å². The first-order valence-corrected chi connectivity index (χ1v) is 13.3. The van der Waals surface area contributed by atoms with Crippen LogP contribution in [0.2, 0.25) is 0 Å². The highest BCUT2D eigenvalue weighted by Crippen LogP contribution is 2.66. The number of hydrogen-bond acceptors (Lipinski definition) is 15. The van der Waals surface area contributed by atoms with Gasteiger partial charge in [-0.2, -0.15) is 18.6 Å². The summed E-state index contributed by atoms with van der Waals surface area (Å²) in [6.45, 7) is 2.66. The van der Waals surface area contributed by atoms with E-state index >= 15 is 0 Å². The first kappa shape index (κ1) is 28.5. The lowest BCUT2D eigenvalue weighted by Gasteiger charge is -2.30. The zero-order chi connectivity index (χ0) is 26.1. The number of methoxy groups -OCH3 is 1. The molecule has 1 fully saturated rings. The number of aliphatic hydroxyl groups is 1. The van der Waals surface area contributed by atoms with Crippen LogP contribution < -0.4 is 22.1 Å². The maximum atomic E-state index is 11.9. The molecule has 2 rings (SSSR count). The summed E-state index contributed by atoms with van der Waals surface area (Å²) < 4.78 is 56.6. The van der Waals surface area contributed by atoms with E-state index in [-0.39, 0.29) is 23.3 Å². The second kappa shape index (κ2) is 10.5. The van der Waals surface area contributed by atoms with Crippen LogP contribution in [0.5, 0.6) is 0 Å². The van der Waals surface area contributed by atoms with E-state index < -0.39 is 54.6 Å². The molecule has 1 aromatic heterocycles. The molecule has 34 heavy (non-hydrogen) atoms. The van der Waals surface area contributed by atoms with Gasteiger partial charge >= 0.3 is 23.5 Å². The van der Waals surface area contributed by atoms with Crippen molar-refractivity contribution in [2.75, 3.05) is 35.8 Å². The van der Waals surface area contributed by atoms with Gasteiger partial charge in [0.2, 0.25) is 5.95 Å². The topological polar surface area (TPSA) is 306 Å². The maximum absolute atomic E-state index is 11.9. The third-order valence-electron chi connectivity index (χ3n) is 4.09. The fraction of sp³-hybridized carbons (Fsp3) is 0.500. The van der Waals surface area contributed by atoms with Gasteiger partial charge in [-0.25, -0.2) is 13.7 Å². The van der Waals surface area contributed by atoms with Crippen molar-refractivity contribution in [2.45, 2.75) is 24.5 Å². The standard InChI is InChI=1S/C12H23N6O13P3/c1-3-18(10-6(13)9(14)16-12(15)17-10)11-8(27-2)7(19)5(29-11)4-28-33(23,24)31-34(25,26)30-32(20,21)22/h3,5,7-8,11,19H,1,4,13H2,2H3,(H,23,24)(H,25,26)(H2,20,21,22)(H4,14,15,16,17). The molecule has 0 radical (unpaired) electrons. The van der Waals surface area contributed by atoms with E-state index in [0.29, 0.717) is 0 Å². The highest BCUT2D eigenvalue weighted by molar-refractivity contribution is 7.66. The zero-order valence-electron chi connectivity index (χ0n) is 17.2. The number of nitrogens with zero attached hydrogens (tertiary/aromatic N) is 3.